The highest BCUT2D eigenvalue weighted by Crippen LogP contribution is 2.19. The maximum absolute atomic E-state index is 3.96. The molecule has 0 spiro atoms. The van der Waals surface area contributed by atoms with Crippen molar-refractivity contribution in [3.63, 3.8) is 0 Å². The van der Waals surface area contributed by atoms with Crippen LogP contribution in [0.4, 0.5) is 0 Å². The summed E-state index contributed by atoms with van der Waals surface area (Å²) in [6.45, 7) is 7.52. The Morgan fingerprint density at radius 1 is 1.53 bits per heavy atom. The maximum atomic E-state index is 3.96. The lowest BCUT2D eigenvalue weighted by molar-refractivity contribution is 0.549. The summed E-state index contributed by atoms with van der Waals surface area (Å²) in [6.07, 6.45) is 1.84. The normalized spacial score (nSPS) is 13.4. The Hall–Kier alpha value is -0.550. The Kier molecular flexibility index (Phi) is 5.11. The summed E-state index contributed by atoms with van der Waals surface area (Å²) < 4.78 is 1.84. The summed E-state index contributed by atoms with van der Waals surface area (Å²) in [7, 11) is 1.94. The van der Waals surface area contributed by atoms with Crippen molar-refractivity contribution in [3.05, 3.63) is 11.9 Å². The number of nitrogens with zero attached hydrogens (tertiary/aromatic N) is 3. The zero-order chi connectivity index (χ0) is 11.3. The largest absolute Gasteiger partial charge is 0.308 e. The molecule has 1 aromatic rings. The average molecular weight is 228 g/mol. The van der Waals surface area contributed by atoms with E-state index < -0.39 is 0 Å². The third-order valence-electron chi connectivity index (χ3n) is 2.15. The molecule has 0 saturated carbocycles. The minimum atomic E-state index is 0.349. The number of nitrogens with one attached hydrogen (secondary N) is 1. The van der Waals surface area contributed by atoms with Crippen molar-refractivity contribution >= 4 is 11.8 Å². The van der Waals surface area contributed by atoms with Crippen LogP contribution in [0.2, 0.25) is 0 Å². The molecule has 0 fully saturated rings. The summed E-state index contributed by atoms with van der Waals surface area (Å²) >= 11 is 1.95. The molecule has 0 aromatic carbocycles. The predicted molar refractivity (Wildman–Crippen MR) is 65.0 cm³/mol. The van der Waals surface area contributed by atoms with Gasteiger partial charge in [0.1, 0.15) is 0 Å². The summed E-state index contributed by atoms with van der Waals surface area (Å²) in [5.41, 5.74) is 1.16. The second kappa shape index (κ2) is 6.12. The molecule has 0 aliphatic heterocycles. The molecule has 0 amide bonds. The molecule has 0 bridgehead atoms. The van der Waals surface area contributed by atoms with E-state index in [4.69, 9.17) is 0 Å². The number of thioether (sulfide) groups is 1. The fourth-order valence-corrected chi connectivity index (χ4v) is 2.26. The van der Waals surface area contributed by atoms with Crippen LogP contribution < -0.4 is 5.32 Å². The third kappa shape index (κ3) is 3.83. The summed E-state index contributed by atoms with van der Waals surface area (Å²) in [6, 6.07) is 0.349. The molecule has 0 radical (unpaired) electrons. The van der Waals surface area contributed by atoms with Gasteiger partial charge in [0.05, 0.1) is 17.9 Å². The zero-order valence-electron chi connectivity index (χ0n) is 9.90. The average Bonchev–Trinajstić information content (AvgIpc) is 2.59. The second-order valence-electron chi connectivity index (χ2n) is 3.77. The molecular weight excluding hydrogens is 208 g/mol. The lowest BCUT2D eigenvalue weighted by Crippen LogP contribution is -2.25. The fourth-order valence-electron chi connectivity index (χ4n) is 1.40. The Morgan fingerprint density at radius 3 is 2.73 bits per heavy atom. The predicted octanol–water partition coefficient (Wildman–Crippen LogP) is 1.61. The van der Waals surface area contributed by atoms with Gasteiger partial charge in [0.2, 0.25) is 0 Å². The summed E-state index contributed by atoms with van der Waals surface area (Å²) in [5.74, 6) is 1.06. The van der Waals surface area contributed by atoms with Crippen LogP contribution >= 0.6 is 11.8 Å². The first kappa shape index (κ1) is 12.5. The number of aromatic nitrogens is 3. The fraction of sp³-hybridized carbons (Fsp3) is 0.800. The van der Waals surface area contributed by atoms with E-state index in [2.05, 4.69) is 36.4 Å². The van der Waals surface area contributed by atoms with Gasteiger partial charge < -0.3 is 5.32 Å². The molecule has 5 heteroatoms. The Balaban J connectivity index is 2.61. The molecule has 1 atom stereocenters. The van der Waals surface area contributed by atoms with Crippen LogP contribution in [0.1, 0.15) is 32.5 Å². The van der Waals surface area contributed by atoms with Gasteiger partial charge in [-0.15, -0.1) is 5.10 Å². The van der Waals surface area contributed by atoms with Crippen LogP contribution in [0.3, 0.4) is 0 Å². The van der Waals surface area contributed by atoms with Crippen molar-refractivity contribution in [2.75, 3.05) is 12.3 Å². The molecule has 4 nitrogen and oxygen atoms in total. The van der Waals surface area contributed by atoms with E-state index in [1.165, 1.54) is 0 Å². The van der Waals surface area contributed by atoms with E-state index in [0.29, 0.717) is 11.3 Å². The molecule has 0 aliphatic rings. The molecule has 15 heavy (non-hydrogen) atoms. The molecular formula is C10H20N4S. The van der Waals surface area contributed by atoms with Crippen LogP contribution in [-0.4, -0.2) is 32.5 Å². The number of hydrogen-bond acceptors (Lipinski definition) is 4. The van der Waals surface area contributed by atoms with Gasteiger partial charge in [-0.2, -0.15) is 11.8 Å². The van der Waals surface area contributed by atoms with Crippen molar-refractivity contribution < 1.29 is 0 Å². The van der Waals surface area contributed by atoms with Crippen molar-refractivity contribution in [1.29, 1.82) is 0 Å². The molecule has 0 saturated heterocycles. The van der Waals surface area contributed by atoms with Gasteiger partial charge in [-0.3, -0.25) is 4.68 Å². The topological polar surface area (TPSA) is 42.7 Å². The summed E-state index contributed by atoms with van der Waals surface area (Å²) in [5, 5.41) is 12.0. The van der Waals surface area contributed by atoms with Crippen molar-refractivity contribution in [2.45, 2.75) is 32.1 Å². The van der Waals surface area contributed by atoms with Crippen LogP contribution in [0.25, 0.3) is 0 Å². The number of aryl methyl sites for hydroxylation is 1. The molecule has 1 N–H and O–H groups in total. The first-order valence-electron chi connectivity index (χ1n) is 5.34. The molecule has 1 rings (SSSR count). The number of hydrogen-bond donors (Lipinski definition) is 1. The van der Waals surface area contributed by atoms with E-state index in [1.54, 1.807) is 0 Å². The van der Waals surface area contributed by atoms with E-state index in [1.807, 2.05) is 29.7 Å². The molecule has 0 aliphatic carbocycles. The van der Waals surface area contributed by atoms with Gasteiger partial charge in [-0.05, 0) is 11.8 Å². The van der Waals surface area contributed by atoms with Gasteiger partial charge in [0.15, 0.2) is 0 Å². The zero-order valence-corrected chi connectivity index (χ0v) is 10.7. The van der Waals surface area contributed by atoms with Crippen molar-refractivity contribution in [2.24, 2.45) is 7.05 Å². The highest BCUT2D eigenvalue weighted by molar-refractivity contribution is 7.99. The Labute approximate surface area is 95.8 Å². The van der Waals surface area contributed by atoms with Gasteiger partial charge >= 0.3 is 0 Å². The number of rotatable bonds is 6. The highest BCUT2D eigenvalue weighted by Gasteiger charge is 2.15. The second-order valence-corrected chi connectivity index (χ2v) is 5.38. The minimum absolute atomic E-state index is 0.349. The van der Waals surface area contributed by atoms with Crippen molar-refractivity contribution in [3.8, 4) is 0 Å². The molecule has 1 aromatic heterocycles. The first-order valence-corrected chi connectivity index (χ1v) is 6.39. The first-order chi connectivity index (χ1) is 7.15. The lowest BCUT2D eigenvalue weighted by atomic mass is 10.2. The van der Waals surface area contributed by atoms with Gasteiger partial charge in [-0.25, -0.2) is 0 Å². The van der Waals surface area contributed by atoms with Gasteiger partial charge in [0, 0.05) is 12.8 Å². The standard InChI is InChI=1S/C10H20N4S/c1-5-11-9(7-15-8(2)3)10-6-12-13-14(10)4/h6,8-9,11H,5,7H2,1-4H3. The van der Waals surface area contributed by atoms with E-state index in [0.717, 1.165) is 18.0 Å². The quantitative estimate of drug-likeness (QED) is 0.803. The van der Waals surface area contributed by atoms with Crippen LogP contribution in [0.15, 0.2) is 6.20 Å². The van der Waals surface area contributed by atoms with E-state index >= 15 is 0 Å². The SMILES string of the molecule is CCNC(CSC(C)C)c1cnnn1C. The summed E-state index contributed by atoms with van der Waals surface area (Å²) in [4.78, 5) is 0. The van der Waals surface area contributed by atoms with Crippen LogP contribution in [0, 0.1) is 0 Å². The van der Waals surface area contributed by atoms with E-state index in [9.17, 15) is 0 Å². The lowest BCUT2D eigenvalue weighted by Gasteiger charge is -2.18. The van der Waals surface area contributed by atoms with Crippen LogP contribution in [-0.2, 0) is 7.05 Å². The van der Waals surface area contributed by atoms with Gasteiger partial charge in [-0.1, -0.05) is 26.0 Å². The van der Waals surface area contributed by atoms with Crippen molar-refractivity contribution in [1.82, 2.24) is 20.3 Å². The molecule has 86 valence electrons. The van der Waals surface area contributed by atoms with E-state index in [-0.39, 0.29) is 0 Å². The minimum Gasteiger partial charge on any atom is -0.308 e. The monoisotopic (exact) mass is 228 g/mol. The Bertz CT molecular complexity index is 285. The molecule has 1 heterocycles. The smallest absolute Gasteiger partial charge is 0.0761 e. The highest BCUT2D eigenvalue weighted by atomic mass is 32.2. The molecule has 1 unspecified atom stereocenters. The van der Waals surface area contributed by atoms with Gasteiger partial charge in [0.25, 0.3) is 0 Å². The maximum Gasteiger partial charge on any atom is 0.0761 e. The third-order valence-corrected chi connectivity index (χ3v) is 3.35. The van der Waals surface area contributed by atoms with Crippen LogP contribution in [0.5, 0.6) is 0 Å². The Morgan fingerprint density at radius 2 is 2.27 bits per heavy atom.